The van der Waals surface area contributed by atoms with Crippen LogP contribution in [-0.2, 0) is 9.53 Å². The molecule has 1 fully saturated rings. The van der Waals surface area contributed by atoms with E-state index in [1.165, 1.54) is 5.56 Å². The summed E-state index contributed by atoms with van der Waals surface area (Å²) in [4.78, 5) is 14.3. The van der Waals surface area contributed by atoms with Gasteiger partial charge in [0.25, 0.3) is 5.91 Å². The molecular weight excluding hydrogens is 254 g/mol. The van der Waals surface area contributed by atoms with Crippen LogP contribution in [0.15, 0.2) is 18.2 Å². The normalized spacial score (nSPS) is 16.9. The maximum absolute atomic E-state index is 12.5. The number of ether oxygens (including phenoxy) is 2. The van der Waals surface area contributed by atoms with E-state index in [1.54, 1.807) is 0 Å². The average molecular weight is 277 g/mol. The van der Waals surface area contributed by atoms with Crippen LogP contribution in [0.25, 0.3) is 0 Å². The van der Waals surface area contributed by atoms with Gasteiger partial charge in [0.2, 0.25) is 0 Å². The van der Waals surface area contributed by atoms with E-state index in [-0.39, 0.29) is 5.91 Å². The van der Waals surface area contributed by atoms with Crippen molar-refractivity contribution < 1.29 is 14.3 Å². The van der Waals surface area contributed by atoms with Gasteiger partial charge in [-0.2, -0.15) is 0 Å². The number of hydrogen-bond acceptors (Lipinski definition) is 3. The van der Waals surface area contributed by atoms with Crippen LogP contribution in [0.1, 0.15) is 24.5 Å². The Labute approximate surface area is 120 Å². The summed E-state index contributed by atoms with van der Waals surface area (Å²) >= 11 is 0. The number of carbonyl (C=O) groups is 1. The highest BCUT2D eigenvalue weighted by Gasteiger charge is 2.26. The topological polar surface area (TPSA) is 38.8 Å². The van der Waals surface area contributed by atoms with Gasteiger partial charge in [-0.05, 0) is 37.5 Å². The fourth-order valence-corrected chi connectivity index (χ4v) is 2.30. The van der Waals surface area contributed by atoms with Crippen LogP contribution in [0.2, 0.25) is 0 Å². The molecule has 1 atom stereocenters. The SMILES string of the molecule is CC[C@H](Oc1cccc(C)c1C)C(=O)N1CCOCC1. The predicted molar refractivity (Wildman–Crippen MR) is 78.0 cm³/mol. The second-order valence-corrected chi connectivity index (χ2v) is 5.15. The number of aryl methyl sites for hydroxylation is 1. The lowest BCUT2D eigenvalue weighted by atomic mass is 10.1. The molecule has 0 aliphatic carbocycles. The molecule has 1 aliphatic rings. The molecule has 0 bridgehead atoms. The molecule has 1 amide bonds. The van der Waals surface area contributed by atoms with Crippen molar-refractivity contribution in [2.24, 2.45) is 0 Å². The Morgan fingerprint density at radius 3 is 2.70 bits per heavy atom. The van der Waals surface area contributed by atoms with Crippen LogP contribution in [0.5, 0.6) is 5.75 Å². The maximum atomic E-state index is 12.5. The Morgan fingerprint density at radius 2 is 2.05 bits per heavy atom. The van der Waals surface area contributed by atoms with E-state index < -0.39 is 6.10 Å². The maximum Gasteiger partial charge on any atom is 0.263 e. The van der Waals surface area contributed by atoms with Crippen LogP contribution < -0.4 is 4.74 Å². The molecule has 2 rings (SSSR count). The minimum atomic E-state index is -0.409. The Hall–Kier alpha value is -1.55. The van der Waals surface area contributed by atoms with Gasteiger partial charge in [-0.1, -0.05) is 19.1 Å². The first-order chi connectivity index (χ1) is 9.63. The van der Waals surface area contributed by atoms with Crippen molar-refractivity contribution in [3.63, 3.8) is 0 Å². The predicted octanol–water partition coefficient (Wildman–Crippen LogP) is 2.32. The van der Waals surface area contributed by atoms with Crippen molar-refractivity contribution in [3.05, 3.63) is 29.3 Å². The molecule has 1 aromatic carbocycles. The van der Waals surface area contributed by atoms with Gasteiger partial charge in [-0.3, -0.25) is 4.79 Å². The summed E-state index contributed by atoms with van der Waals surface area (Å²) in [6.45, 7) is 8.60. The van der Waals surface area contributed by atoms with E-state index in [0.29, 0.717) is 32.7 Å². The van der Waals surface area contributed by atoms with Crippen molar-refractivity contribution in [1.29, 1.82) is 0 Å². The molecule has 1 heterocycles. The van der Waals surface area contributed by atoms with Crippen molar-refractivity contribution in [2.75, 3.05) is 26.3 Å². The third-order valence-electron chi connectivity index (χ3n) is 3.79. The molecular formula is C16H23NO3. The van der Waals surface area contributed by atoms with Gasteiger partial charge in [0.05, 0.1) is 13.2 Å². The Bertz CT molecular complexity index is 467. The van der Waals surface area contributed by atoms with E-state index in [1.807, 2.05) is 43.9 Å². The number of carbonyl (C=O) groups excluding carboxylic acids is 1. The molecule has 0 unspecified atom stereocenters. The first-order valence-corrected chi connectivity index (χ1v) is 7.23. The summed E-state index contributed by atoms with van der Waals surface area (Å²) in [7, 11) is 0. The van der Waals surface area contributed by atoms with E-state index in [9.17, 15) is 4.79 Å². The molecule has 0 N–H and O–H groups in total. The number of morpholine rings is 1. The van der Waals surface area contributed by atoms with Gasteiger partial charge in [0.15, 0.2) is 6.10 Å². The molecule has 4 heteroatoms. The summed E-state index contributed by atoms with van der Waals surface area (Å²) in [5.74, 6) is 0.871. The third kappa shape index (κ3) is 3.31. The highest BCUT2D eigenvalue weighted by atomic mass is 16.5. The molecule has 0 radical (unpaired) electrons. The lowest BCUT2D eigenvalue weighted by molar-refractivity contribution is -0.143. The molecule has 20 heavy (non-hydrogen) atoms. The third-order valence-corrected chi connectivity index (χ3v) is 3.79. The Morgan fingerprint density at radius 1 is 1.35 bits per heavy atom. The van der Waals surface area contributed by atoms with Gasteiger partial charge < -0.3 is 14.4 Å². The molecule has 1 aliphatic heterocycles. The molecule has 4 nitrogen and oxygen atoms in total. The van der Waals surface area contributed by atoms with Crippen LogP contribution in [-0.4, -0.2) is 43.2 Å². The minimum Gasteiger partial charge on any atom is -0.480 e. The lowest BCUT2D eigenvalue weighted by Crippen LogP contribution is -2.47. The summed E-state index contributed by atoms with van der Waals surface area (Å²) < 4.78 is 11.2. The summed E-state index contributed by atoms with van der Waals surface area (Å²) in [6.07, 6.45) is 0.262. The Kier molecular flexibility index (Phi) is 5.01. The summed E-state index contributed by atoms with van der Waals surface area (Å²) in [5, 5.41) is 0. The quantitative estimate of drug-likeness (QED) is 0.848. The number of rotatable bonds is 4. The van der Waals surface area contributed by atoms with Crippen LogP contribution >= 0.6 is 0 Å². The van der Waals surface area contributed by atoms with Gasteiger partial charge in [-0.25, -0.2) is 0 Å². The fraction of sp³-hybridized carbons (Fsp3) is 0.562. The van der Waals surface area contributed by atoms with Gasteiger partial charge in [-0.15, -0.1) is 0 Å². The monoisotopic (exact) mass is 277 g/mol. The van der Waals surface area contributed by atoms with E-state index in [2.05, 4.69) is 0 Å². The summed E-state index contributed by atoms with van der Waals surface area (Å²) in [6, 6.07) is 5.94. The number of hydrogen-bond donors (Lipinski definition) is 0. The minimum absolute atomic E-state index is 0.0664. The zero-order chi connectivity index (χ0) is 14.5. The van der Waals surface area contributed by atoms with Gasteiger partial charge in [0.1, 0.15) is 5.75 Å². The van der Waals surface area contributed by atoms with Crippen molar-refractivity contribution in [1.82, 2.24) is 4.90 Å². The zero-order valence-electron chi connectivity index (χ0n) is 12.5. The zero-order valence-corrected chi connectivity index (χ0v) is 12.5. The highest BCUT2D eigenvalue weighted by Crippen LogP contribution is 2.23. The first kappa shape index (κ1) is 14.9. The van der Waals surface area contributed by atoms with Gasteiger partial charge in [0, 0.05) is 13.1 Å². The van der Waals surface area contributed by atoms with E-state index in [0.717, 1.165) is 11.3 Å². The lowest BCUT2D eigenvalue weighted by Gasteiger charge is -2.30. The molecule has 0 spiro atoms. The van der Waals surface area contributed by atoms with Crippen molar-refractivity contribution in [2.45, 2.75) is 33.3 Å². The smallest absolute Gasteiger partial charge is 0.263 e. The van der Waals surface area contributed by atoms with Crippen molar-refractivity contribution >= 4 is 5.91 Å². The second kappa shape index (κ2) is 6.75. The molecule has 0 aromatic heterocycles. The number of benzene rings is 1. The molecule has 1 saturated heterocycles. The standard InChI is InChI=1S/C16H23NO3/c1-4-14(16(18)17-8-10-19-11-9-17)20-15-7-5-6-12(2)13(15)3/h5-7,14H,4,8-11H2,1-3H3/t14-/m0/s1. The molecule has 1 aromatic rings. The Balaban J connectivity index is 2.08. The summed E-state index contributed by atoms with van der Waals surface area (Å²) in [5.41, 5.74) is 2.27. The molecule has 0 saturated carbocycles. The van der Waals surface area contributed by atoms with Crippen molar-refractivity contribution in [3.8, 4) is 5.75 Å². The van der Waals surface area contributed by atoms with Crippen LogP contribution in [0, 0.1) is 13.8 Å². The number of nitrogens with zero attached hydrogens (tertiary/aromatic N) is 1. The number of amides is 1. The first-order valence-electron chi connectivity index (χ1n) is 7.23. The molecule has 110 valence electrons. The largest absolute Gasteiger partial charge is 0.480 e. The fourth-order valence-electron chi connectivity index (χ4n) is 2.30. The van der Waals surface area contributed by atoms with Gasteiger partial charge >= 0.3 is 0 Å². The van der Waals surface area contributed by atoms with Crippen LogP contribution in [0.3, 0.4) is 0 Å². The average Bonchev–Trinajstić information content (AvgIpc) is 2.49. The highest BCUT2D eigenvalue weighted by molar-refractivity contribution is 5.81. The van der Waals surface area contributed by atoms with Crippen LogP contribution in [0.4, 0.5) is 0 Å². The van der Waals surface area contributed by atoms with E-state index in [4.69, 9.17) is 9.47 Å². The van der Waals surface area contributed by atoms with E-state index >= 15 is 0 Å². The second-order valence-electron chi connectivity index (χ2n) is 5.15.